The first-order chi connectivity index (χ1) is 8.74. The fraction of sp³-hybridized carbons (Fsp3) is 0.500. The van der Waals surface area contributed by atoms with Crippen LogP contribution in [0.4, 0.5) is 10.5 Å². The van der Waals surface area contributed by atoms with Crippen LogP contribution < -0.4 is 10.2 Å². The third-order valence-electron chi connectivity index (χ3n) is 3.19. The molecule has 4 heteroatoms. The van der Waals surface area contributed by atoms with Crippen LogP contribution in [0.15, 0.2) is 24.3 Å². The standard InChI is InChI=1S/C14H21N3O/c1-3-8-15-9-10-17-13-7-5-4-6-12(13)11-16(2)14(17)18/h4-7,15H,3,8-11H2,1-2H3. The number of hydrogen-bond acceptors (Lipinski definition) is 2. The van der Waals surface area contributed by atoms with Crippen molar-refractivity contribution >= 4 is 11.7 Å². The molecule has 0 radical (unpaired) electrons. The number of anilines is 1. The second-order valence-corrected chi connectivity index (χ2v) is 4.67. The van der Waals surface area contributed by atoms with E-state index in [-0.39, 0.29) is 6.03 Å². The first kappa shape index (κ1) is 12.9. The van der Waals surface area contributed by atoms with Crippen molar-refractivity contribution < 1.29 is 4.79 Å². The minimum atomic E-state index is 0.0898. The van der Waals surface area contributed by atoms with Crippen molar-refractivity contribution in [3.05, 3.63) is 29.8 Å². The molecule has 0 atom stereocenters. The Labute approximate surface area is 109 Å². The van der Waals surface area contributed by atoms with E-state index >= 15 is 0 Å². The average Bonchev–Trinajstić information content (AvgIpc) is 2.38. The average molecular weight is 247 g/mol. The van der Waals surface area contributed by atoms with Crippen molar-refractivity contribution in [2.24, 2.45) is 0 Å². The van der Waals surface area contributed by atoms with Crippen LogP contribution in [0, 0.1) is 0 Å². The highest BCUT2D eigenvalue weighted by molar-refractivity contribution is 5.94. The van der Waals surface area contributed by atoms with Gasteiger partial charge in [0.25, 0.3) is 0 Å². The molecule has 0 bridgehead atoms. The van der Waals surface area contributed by atoms with Gasteiger partial charge >= 0.3 is 6.03 Å². The lowest BCUT2D eigenvalue weighted by molar-refractivity contribution is 0.210. The number of carbonyl (C=O) groups excluding carboxylic acids is 1. The van der Waals surface area contributed by atoms with Crippen LogP contribution in [0.25, 0.3) is 0 Å². The Balaban J connectivity index is 2.09. The van der Waals surface area contributed by atoms with Gasteiger partial charge in [0.05, 0.1) is 5.69 Å². The zero-order valence-electron chi connectivity index (χ0n) is 11.1. The normalized spacial score (nSPS) is 14.9. The number of nitrogens with zero attached hydrogens (tertiary/aromatic N) is 2. The van der Waals surface area contributed by atoms with E-state index in [9.17, 15) is 4.79 Å². The van der Waals surface area contributed by atoms with Gasteiger partial charge in [-0.05, 0) is 24.6 Å². The van der Waals surface area contributed by atoms with E-state index in [0.29, 0.717) is 6.54 Å². The minimum Gasteiger partial charge on any atom is -0.323 e. The molecule has 1 heterocycles. The predicted octanol–water partition coefficient (Wildman–Crippen LogP) is 2.06. The maximum Gasteiger partial charge on any atom is 0.324 e. The summed E-state index contributed by atoms with van der Waals surface area (Å²) in [6.45, 7) is 5.40. The van der Waals surface area contributed by atoms with E-state index in [1.807, 2.05) is 30.1 Å². The molecule has 2 rings (SSSR count). The minimum absolute atomic E-state index is 0.0898. The molecule has 0 saturated heterocycles. The van der Waals surface area contributed by atoms with Crippen molar-refractivity contribution in [3.8, 4) is 0 Å². The summed E-state index contributed by atoms with van der Waals surface area (Å²) in [5, 5.41) is 3.34. The van der Waals surface area contributed by atoms with E-state index in [4.69, 9.17) is 0 Å². The van der Waals surface area contributed by atoms with E-state index < -0.39 is 0 Å². The molecule has 1 aliphatic heterocycles. The highest BCUT2D eigenvalue weighted by Crippen LogP contribution is 2.27. The molecule has 1 aromatic rings. The molecule has 0 aromatic heterocycles. The van der Waals surface area contributed by atoms with Crippen LogP contribution in [-0.4, -0.2) is 37.6 Å². The number of urea groups is 1. The largest absolute Gasteiger partial charge is 0.324 e. The van der Waals surface area contributed by atoms with Gasteiger partial charge in [-0.1, -0.05) is 25.1 Å². The molecular formula is C14H21N3O. The molecule has 18 heavy (non-hydrogen) atoms. The van der Waals surface area contributed by atoms with Gasteiger partial charge in [-0.3, -0.25) is 4.90 Å². The van der Waals surface area contributed by atoms with Gasteiger partial charge < -0.3 is 10.2 Å². The number of hydrogen-bond donors (Lipinski definition) is 1. The van der Waals surface area contributed by atoms with E-state index in [0.717, 1.165) is 31.7 Å². The van der Waals surface area contributed by atoms with Gasteiger partial charge in [0.1, 0.15) is 0 Å². The Morgan fingerprint density at radius 3 is 2.83 bits per heavy atom. The molecule has 0 fully saturated rings. The predicted molar refractivity (Wildman–Crippen MR) is 73.8 cm³/mol. The molecule has 1 N–H and O–H groups in total. The van der Waals surface area contributed by atoms with Gasteiger partial charge in [0.15, 0.2) is 0 Å². The molecule has 1 aliphatic rings. The summed E-state index contributed by atoms with van der Waals surface area (Å²) < 4.78 is 0. The SMILES string of the molecule is CCCNCCN1C(=O)N(C)Cc2ccccc21. The molecule has 2 amide bonds. The fourth-order valence-corrected chi connectivity index (χ4v) is 2.25. The van der Waals surface area contributed by atoms with E-state index in [2.05, 4.69) is 18.3 Å². The van der Waals surface area contributed by atoms with Crippen LogP contribution in [0.1, 0.15) is 18.9 Å². The lowest BCUT2D eigenvalue weighted by Crippen LogP contribution is -2.47. The number of rotatable bonds is 5. The zero-order valence-corrected chi connectivity index (χ0v) is 11.1. The number of amides is 2. The third-order valence-corrected chi connectivity index (χ3v) is 3.19. The zero-order chi connectivity index (χ0) is 13.0. The van der Waals surface area contributed by atoms with Crippen molar-refractivity contribution in [1.82, 2.24) is 10.2 Å². The Kier molecular flexibility index (Phi) is 4.20. The summed E-state index contributed by atoms with van der Waals surface area (Å²) >= 11 is 0. The molecule has 0 saturated carbocycles. The Hall–Kier alpha value is -1.55. The summed E-state index contributed by atoms with van der Waals surface area (Å²) in [5.41, 5.74) is 2.27. The number of fused-ring (bicyclic) bond motifs is 1. The molecular weight excluding hydrogens is 226 g/mol. The third kappa shape index (κ3) is 2.64. The topological polar surface area (TPSA) is 35.6 Å². The van der Waals surface area contributed by atoms with Crippen LogP contribution in [0.3, 0.4) is 0 Å². The van der Waals surface area contributed by atoms with Crippen LogP contribution in [0.5, 0.6) is 0 Å². The van der Waals surface area contributed by atoms with Gasteiger partial charge in [-0.25, -0.2) is 4.79 Å². The molecule has 0 unspecified atom stereocenters. The van der Waals surface area contributed by atoms with Gasteiger partial charge in [0, 0.05) is 26.7 Å². The second-order valence-electron chi connectivity index (χ2n) is 4.67. The smallest absolute Gasteiger partial charge is 0.323 e. The highest BCUT2D eigenvalue weighted by Gasteiger charge is 2.26. The quantitative estimate of drug-likeness (QED) is 0.808. The number of nitrogens with one attached hydrogen (secondary N) is 1. The van der Waals surface area contributed by atoms with Gasteiger partial charge in [-0.2, -0.15) is 0 Å². The van der Waals surface area contributed by atoms with Crippen molar-refractivity contribution in [2.45, 2.75) is 19.9 Å². The Morgan fingerprint density at radius 1 is 1.28 bits per heavy atom. The van der Waals surface area contributed by atoms with E-state index in [1.165, 1.54) is 5.56 Å². The number of benzene rings is 1. The molecule has 1 aromatic carbocycles. The molecule has 0 aliphatic carbocycles. The number of carbonyl (C=O) groups is 1. The lowest BCUT2D eigenvalue weighted by atomic mass is 10.1. The second kappa shape index (κ2) is 5.87. The van der Waals surface area contributed by atoms with Crippen LogP contribution >= 0.6 is 0 Å². The number of para-hydroxylation sites is 1. The van der Waals surface area contributed by atoms with Gasteiger partial charge in [0.2, 0.25) is 0 Å². The Morgan fingerprint density at radius 2 is 2.06 bits per heavy atom. The summed E-state index contributed by atoms with van der Waals surface area (Å²) in [7, 11) is 1.85. The monoisotopic (exact) mass is 247 g/mol. The molecule has 4 nitrogen and oxygen atoms in total. The van der Waals surface area contributed by atoms with Crippen LogP contribution in [0.2, 0.25) is 0 Å². The van der Waals surface area contributed by atoms with Gasteiger partial charge in [-0.15, -0.1) is 0 Å². The fourth-order valence-electron chi connectivity index (χ4n) is 2.25. The highest BCUT2D eigenvalue weighted by atomic mass is 16.2. The first-order valence-corrected chi connectivity index (χ1v) is 6.55. The maximum absolute atomic E-state index is 12.2. The first-order valence-electron chi connectivity index (χ1n) is 6.55. The van der Waals surface area contributed by atoms with E-state index in [1.54, 1.807) is 4.90 Å². The summed E-state index contributed by atoms with van der Waals surface area (Å²) in [5.74, 6) is 0. The van der Waals surface area contributed by atoms with Crippen LogP contribution in [-0.2, 0) is 6.54 Å². The van der Waals surface area contributed by atoms with Crippen molar-refractivity contribution in [2.75, 3.05) is 31.6 Å². The summed E-state index contributed by atoms with van der Waals surface area (Å²) in [4.78, 5) is 15.8. The molecule has 98 valence electrons. The lowest BCUT2D eigenvalue weighted by Gasteiger charge is -2.35. The van der Waals surface area contributed by atoms with Crippen molar-refractivity contribution in [1.29, 1.82) is 0 Å². The molecule has 0 spiro atoms. The summed E-state index contributed by atoms with van der Waals surface area (Å²) in [6, 6.07) is 8.22. The maximum atomic E-state index is 12.2. The summed E-state index contributed by atoms with van der Waals surface area (Å²) in [6.07, 6.45) is 1.12. The Bertz CT molecular complexity index is 419. The van der Waals surface area contributed by atoms with Crippen molar-refractivity contribution in [3.63, 3.8) is 0 Å².